The Morgan fingerprint density at radius 3 is 2.57 bits per heavy atom. The number of nitrogens with one attached hydrogen (secondary N) is 1. The Balaban J connectivity index is 1.26. The van der Waals surface area contributed by atoms with Gasteiger partial charge in [-0.2, -0.15) is 8.75 Å². The first-order valence-corrected chi connectivity index (χ1v) is 15.7. The molecule has 0 bridgehead atoms. The van der Waals surface area contributed by atoms with E-state index in [1.807, 2.05) is 19.1 Å². The first-order chi connectivity index (χ1) is 21.3. The average Bonchev–Trinajstić information content (AvgIpc) is 3.54. The number of carbonyl (C=O) groups is 4. The van der Waals surface area contributed by atoms with Gasteiger partial charge in [0.15, 0.2) is 5.69 Å². The number of hydrogen-bond donors (Lipinski definition) is 2. The fourth-order valence-electron chi connectivity index (χ4n) is 6.11. The van der Waals surface area contributed by atoms with Gasteiger partial charge in [0.05, 0.1) is 41.9 Å². The number of rotatable bonds is 10. The molecule has 1 saturated carbocycles. The molecule has 1 aromatic heterocycles. The number of ether oxygens (including phenoxy) is 2. The van der Waals surface area contributed by atoms with Gasteiger partial charge in [-0.3, -0.25) is 14.4 Å². The highest BCUT2D eigenvalue weighted by Crippen LogP contribution is 2.41. The van der Waals surface area contributed by atoms with Crippen LogP contribution in [0.15, 0.2) is 48.7 Å². The van der Waals surface area contributed by atoms with E-state index in [2.05, 4.69) is 26.2 Å². The van der Waals surface area contributed by atoms with Crippen LogP contribution >= 0.6 is 11.7 Å². The van der Waals surface area contributed by atoms with Crippen molar-refractivity contribution < 1.29 is 33.8 Å². The highest BCUT2D eigenvalue weighted by atomic mass is 32.1. The van der Waals surface area contributed by atoms with Gasteiger partial charge in [-0.1, -0.05) is 24.3 Å². The monoisotopic (exact) mass is 618 g/mol. The fourth-order valence-corrected chi connectivity index (χ4v) is 6.52. The summed E-state index contributed by atoms with van der Waals surface area (Å²) in [6.45, 7) is 2.82. The first kappa shape index (κ1) is 29.7. The number of hydrogen-bond acceptors (Lipinski definition) is 9. The summed E-state index contributed by atoms with van der Waals surface area (Å²) in [5.41, 5.74) is 3.10. The van der Waals surface area contributed by atoms with Crippen molar-refractivity contribution in [1.82, 2.24) is 19.0 Å². The third-order valence-corrected chi connectivity index (χ3v) is 9.10. The number of amides is 2. The molecule has 2 aromatic carbocycles. The third kappa shape index (κ3) is 6.59. The predicted octanol–water partition coefficient (Wildman–Crippen LogP) is 4.32. The van der Waals surface area contributed by atoms with Gasteiger partial charge >= 0.3 is 11.9 Å². The summed E-state index contributed by atoms with van der Waals surface area (Å²) in [7, 11) is 0. The molecule has 3 fully saturated rings. The molecule has 2 aliphatic heterocycles. The molecular weight excluding hydrogens is 584 g/mol. The van der Waals surface area contributed by atoms with E-state index in [1.54, 1.807) is 17.0 Å². The lowest BCUT2D eigenvalue weighted by atomic mass is 9.86. The Bertz CT molecular complexity index is 1540. The van der Waals surface area contributed by atoms with Crippen LogP contribution in [0.25, 0.3) is 0 Å². The van der Waals surface area contributed by atoms with Crippen molar-refractivity contribution in [3.8, 4) is 5.75 Å². The van der Waals surface area contributed by atoms with Gasteiger partial charge in [0.2, 0.25) is 5.91 Å². The quantitative estimate of drug-likeness (QED) is 0.317. The van der Waals surface area contributed by atoms with Crippen molar-refractivity contribution in [2.45, 2.75) is 63.0 Å². The number of piperidine rings is 1. The van der Waals surface area contributed by atoms with E-state index in [0.29, 0.717) is 43.2 Å². The topological polar surface area (TPSA) is 148 Å². The van der Waals surface area contributed by atoms with E-state index in [9.17, 15) is 24.3 Å². The number of aromatic carboxylic acids is 1. The van der Waals surface area contributed by atoms with Crippen molar-refractivity contribution in [1.29, 1.82) is 0 Å². The average molecular weight is 619 g/mol. The standard InChI is InChI=1S/C32H34N4O7S/c1-18(34-30(38)27-15-33-44-35-27)29(21-8-6-20(7-9-21)19-4-5-19)43-24-10-11-25(32(40)41)26(14-24)22-3-2-12-36(16-22)31(39)23-13-28(37)42-17-23/h6-11,14-15,18-19,22-23,29H,2-5,12-13,16-17H2,1H3,(H,34,38)(H,40,41)/t18-,22+,23+,29-/m0/s1. The molecule has 230 valence electrons. The van der Waals surface area contributed by atoms with Gasteiger partial charge in [-0.15, -0.1) is 0 Å². The molecule has 2 amide bonds. The van der Waals surface area contributed by atoms with Crippen LogP contribution < -0.4 is 10.1 Å². The lowest BCUT2D eigenvalue weighted by molar-refractivity contribution is -0.138. The Hall–Kier alpha value is -4.32. The predicted molar refractivity (Wildman–Crippen MR) is 160 cm³/mol. The van der Waals surface area contributed by atoms with Crippen LogP contribution in [0.3, 0.4) is 0 Å². The molecule has 2 saturated heterocycles. The van der Waals surface area contributed by atoms with Crippen LogP contribution in [0.4, 0.5) is 0 Å². The van der Waals surface area contributed by atoms with Crippen LogP contribution in [-0.2, 0) is 14.3 Å². The van der Waals surface area contributed by atoms with Crippen molar-refractivity contribution >= 4 is 35.5 Å². The second kappa shape index (κ2) is 12.7. The first-order valence-electron chi connectivity index (χ1n) is 14.9. The van der Waals surface area contributed by atoms with Crippen LogP contribution in [0.1, 0.15) is 94.5 Å². The van der Waals surface area contributed by atoms with Crippen LogP contribution in [0, 0.1) is 5.92 Å². The molecule has 0 radical (unpaired) electrons. The molecule has 12 heteroatoms. The molecule has 3 aromatic rings. The zero-order valence-electron chi connectivity index (χ0n) is 24.3. The molecule has 11 nitrogen and oxygen atoms in total. The molecule has 3 aliphatic rings. The molecular formula is C32H34N4O7S. The second-order valence-corrected chi connectivity index (χ2v) is 12.4. The number of likely N-dealkylation sites (tertiary alicyclic amines) is 1. The van der Waals surface area contributed by atoms with Gasteiger partial charge in [-0.05, 0) is 73.4 Å². The SMILES string of the molecule is C[C@H](NC(=O)c1cnsn1)[C@H](Oc1ccc(C(=O)O)c([C@@H]2CCCN(C(=O)[C@H]3COC(=O)C3)C2)c1)c1ccc(C2CC2)cc1. The number of nitrogens with zero attached hydrogens (tertiary/aromatic N) is 3. The minimum absolute atomic E-state index is 0.0699. The Morgan fingerprint density at radius 2 is 1.91 bits per heavy atom. The highest BCUT2D eigenvalue weighted by Gasteiger charge is 2.36. The Labute approximate surface area is 258 Å². The van der Waals surface area contributed by atoms with Crippen molar-refractivity contribution in [3.63, 3.8) is 0 Å². The van der Waals surface area contributed by atoms with E-state index >= 15 is 0 Å². The van der Waals surface area contributed by atoms with E-state index in [0.717, 1.165) is 17.3 Å². The second-order valence-electron chi connectivity index (χ2n) is 11.8. The van der Waals surface area contributed by atoms with Gasteiger partial charge in [0.1, 0.15) is 18.5 Å². The summed E-state index contributed by atoms with van der Waals surface area (Å²) in [5.74, 6) is -1.63. The van der Waals surface area contributed by atoms with E-state index in [1.165, 1.54) is 30.7 Å². The number of cyclic esters (lactones) is 1. The van der Waals surface area contributed by atoms with E-state index in [4.69, 9.17) is 9.47 Å². The van der Waals surface area contributed by atoms with E-state index < -0.39 is 24.0 Å². The van der Waals surface area contributed by atoms with Crippen LogP contribution in [0.2, 0.25) is 0 Å². The molecule has 4 atom stereocenters. The minimum atomic E-state index is -1.06. The van der Waals surface area contributed by atoms with E-state index in [-0.39, 0.29) is 48.0 Å². The van der Waals surface area contributed by atoms with Gasteiger partial charge in [0, 0.05) is 19.0 Å². The molecule has 2 N–H and O–H groups in total. The normalized spacial score (nSPS) is 21.3. The van der Waals surface area contributed by atoms with Crippen molar-refractivity contribution in [2.24, 2.45) is 5.92 Å². The summed E-state index contributed by atoms with van der Waals surface area (Å²) >= 11 is 0.955. The fraction of sp³-hybridized carbons (Fsp3) is 0.438. The maximum absolute atomic E-state index is 13.1. The molecule has 0 unspecified atom stereocenters. The van der Waals surface area contributed by atoms with Crippen molar-refractivity contribution in [2.75, 3.05) is 19.7 Å². The lowest BCUT2D eigenvalue weighted by Crippen LogP contribution is -2.42. The van der Waals surface area contributed by atoms with Gasteiger partial charge in [0.25, 0.3) is 5.91 Å². The maximum Gasteiger partial charge on any atom is 0.335 e. The van der Waals surface area contributed by atoms with Gasteiger partial charge in [-0.25, -0.2) is 4.79 Å². The number of carbonyl (C=O) groups excluding carboxylic acids is 3. The number of aromatic nitrogens is 2. The number of carboxylic acids is 1. The Kier molecular flexibility index (Phi) is 8.60. The smallest absolute Gasteiger partial charge is 0.335 e. The Morgan fingerprint density at radius 1 is 1.11 bits per heavy atom. The van der Waals surface area contributed by atoms with Gasteiger partial charge < -0.3 is 24.8 Å². The van der Waals surface area contributed by atoms with Crippen LogP contribution in [-0.4, -0.2) is 68.2 Å². The minimum Gasteiger partial charge on any atom is -0.484 e. The largest absolute Gasteiger partial charge is 0.484 e. The summed E-state index contributed by atoms with van der Waals surface area (Å²) in [4.78, 5) is 51.6. The number of benzene rings is 2. The molecule has 6 rings (SSSR count). The summed E-state index contributed by atoms with van der Waals surface area (Å²) in [6.07, 6.45) is 4.67. The zero-order chi connectivity index (χ0) is 30.8. The summed E-state index contributed by atoms with van der Waals surface area (Å²) in [6, 6.07) is 12.7. The van der Waals surface area contributed by atoms with Crippen molar-refractivity contribution in [3.05, 3.63) is 76.6 Å². The molecule has 3 heterocycles. The number of carboxylic acid groups (broad SMARTS) is 1. The molecule has 44 heavy (non-hydrogen) atoms. The lowest BCUT2D eigenvalue weighted by Gasteiger charge is -2.35. The number of esters is 1. The maximum atomic E-state index is 13.1. The molecule has 1 aliphatic carbocycles. The highest BCUT2D eigenvalue weighted by molar-refractivity contribution is 6.99. The zero-order valence-corrected chi connectivity index (χ0v) is 25.1. The molecule has 0 spiro atoms. The summed E-state index contributed by atoms with van der Waals surface area (Å²) in [5, 5.41) is 13.0. The summed E-state index contributed by atoms with van der Waals surface area (Å²) < 4.78 is 19.5. The van der Waals surface area contributed by atoms with Crippen LogP contribution in [0.5, 0.6) is 5.75 Å². The third-order valence-electron chi connectivity index (χ3n) is 8.62.